The molecule has 0 spiro atoms. The second kappa shape index (κ2) is 5.13. The monoisotopic (exact) mass is 293 g/mol. The van der Waals surface area contributed by atoms with Crippen molar-refractivity contribution < 1.29 is 19.2 Å². The van der Waals surface area contributed by atoms with Gasteiger partial charge in [-0.1, -0.05) is 0 Å². The summed E-state index contributed by atoms with van der Waals surface area (Å²) in [7, 11) is 0. The number of carbonyl (C=O) groups is 4. The maximum Gasteiger partial charge on any atom is 0.243 e. The third kappa shape index (κ3) is 2.52. The van der Waals surface area contributed by atoms with Crippen LogP contribution in [0.25, 0.3) is 0 Å². The average Bonchev–Trinajstić information content (AvgIpc) is 2.91. The first-order valence-electron chi connectivity index (χ1n) is 7.34. The van der Waals surface area contributed by atoms with Crippen molar-refractivity contribution in [3.63, 3.8) is 0 Å². The van der Waals surface area contributed by atoms with Gasteiger partial charge in [-0.15, -0.1) is 0 Å². The molecule has 0 aliphatic carbocycles. The molecule has 7 heteroatoms. The second-order valence-electron chi connectivity index (χ2n) is 6.10. The summed E-state index contributed by atoms with van der Waals surface area (Å²) in [5, 5.41) is 0. The highest BCUT2D eigenvalue weighted by molar-refractivity contribution is 6.04. The Morgan fingerprint density at radius 3 is 2.38 bits per heavy atom. The number of imide groups is 1. The molecule has 3 aliphatic rings. The predicted molar refractivity (Wildman–Crippen MR) is 71.8 cm³/mol. The van der Waals surface area contributed by atoms with Gasteiger partial charge in [-0.25, -0.2) is 0 Å². The minimum Gasteiger partial charge on any atom is -0.341 e. The molecule has 0 aromatic carbocycles. The van der Waals surface area contributed by atoms with E-state index >= 15 is 0 Å². The molecule has 3 aliphatic heterocycles. The van der Waals surface area contributed by atoms with E-state index in [9.17, 15) is 19.2 Å². The molecule has 0 saturated carbocycles. The fourth-order valence-electron chi connectivity index (χ4n) is 3.55. The Balaban J connectivity index is 1.65. The molecule has 3 heterocycles. The molecular formula is C14H19N3O4. The van der Waals surface area contributed by atoms with E-state index in [4.69, 9.17) is 0 Å². The van der Waals surface area contributed by atoms with Gasteiger partial charge >= 0.3 is 0 Å². The van der Waals surface area contributed by atoms with Crippen molar-refractivity contribution >= 4 is 23.6 Å². The summed E-state index contributed by atoms with van der Waals surface area (Å²) in [4.78, 5) is 51.6. The molecule has 114 valence electrons. The van der Waals surface area contributed by atoms with Crippen molar-refractivity contribution in [2.45, 2.75) is 32.2 Å². The van der Waals surface area contributed by atoms with E-state index in [0.29, 0.717) is 25.6 Å². The maximum atomic E-state index is 12.4. The minimum atomic E-state index is -0.263. The van der Waals surface area contributed by atoms with Gasteiger partial charge in [-0.2, -0.15) is 0 Å². The van der Waals surface area contributed by atoms with Gasteiger partial charge in [0, 0.05) is 45.4 Å². The van der Waals surface area contributed by atoms with E-state index < -0.39 is 0 Å². The first-order chi connectivity index (χ1) is 9.95. The lowest BCUT2D eigenvalue weighted by Gasteiger charge is -2.32. The van der Waals surface area contributed by atoms with E-state index in [1.807, 2.05) is 0 Å². The zero-order valence-corrected chi connectivity index (χ0v) is 12.1. The van der Waals surface area contributed by atoms with Crippen molar-refractivity contribution in [2.75, 3.05) is 26.2 Å². The summed E-state index contributed by atoms with van der Waals surface area (Å²) in [6.07, 6.45) is 1.31. The molecule has 0 radical (unpaired) electrons. The quantitative estimate of drug-likeness (QED) is 0.625. The van der Waals surface area contributed by atoms with Crippen molar-refractivity contribution in [3.05, 3.63) is 0 Å². The lowest BCUT2D eigenvalue weighted by Crippen LogP contribution is -2.48. The standard InChI is InChI=1S/C14H19N3O4/c1-9(18)15-5-10-4-11(7-15)16(6-10)14(21)8-17-12(19)2-3-13(17)20/h10-11H,2-8H2,1H3. The van der Waals surface area contributed by atoms with Crippen LogP contribution in [0.15, 0.2) is 0 Å². The van der Waals surface area contributed by atoms with E-state index in [0.717, 1.165) is 11.3 Å². The van der Waals surface area contributed by atoms with E-state index in [-0.39, 0.29) is 49.1 Å². The maximum absolute atomic E-state index is 12.4. The summed E-state index contributed by atoms with van der Waals surface area (Å²) < 4.78 is 0. The highest BCUT2D eigenvalue weighted by Gasteiger charge is 2.42. The molecule has 0 N–H and O–H groups in total. The molecule has 3 fully saturated rings. The largest absolute Gasteiger partial charge is 0.341 e. The number of piperidine rings is 1. The SMILES string of the molecule is CC(=O)N1CC2CC(C1)N(C(=O)CN1C(=O)CCC1=O)C2. The van der Waals surface area contributed by atoms with Gasteiger partial charge in [0.15, 0.2) is 0 Å². The summed E-state index contributed by atoms with van der Waals surface area (Å²) in [6, 6.07) is 0.0213. The van der Waals surface area contributed by atoms with E-state index in [2.05, 4.69) is 0 Å². The molecule has 7 nitrogen and oxygen atoms in total. The first-order valence-corrected chi connectivity index (χ1v) is 7.34. The van der Waals surface area contributed by atoms with Crippen LogP contribution in [0.2, 0.25) is 0 Å². The van der Waals surface area contributed by atoms with Crippen LogP contribution in [0.4, 0.5) is 0 Å². The molecule has 0 aromatic rings. The van der Waals surface area contributed by atoms with Gasteiger partial charge in [0.1, 0.15) is 6.54 Å². The first kappa shape index (κ1) is 14.0. The number of amides is 4. The second-order valence-corrected chi connectivity index (χ2v) is 6.10. The van der Waals surface area contributed by atoms with E-state index in [1.165, 1.54) is 0 Å². The Morgan fingerprint density at radius 1 is 1.10 bits per heavy atom. The Bertz CT molecular complexity index is 502. The number of carbonyl (C=O) groups excluding carboxylic acids is 4. The lowest BCUT2D eigenvalue weighted by atomic mass is 10.00. The molecule has 2 atom stereocenters. The van der Waals surface area contributed by atoms with Gasteiger partial charge in [0.2, 0.25) is 23.6 Å². The van der Waals surface area contributed by atoms with Gasteiger partial charge in [0.25, 0.3) is 0 Å². The van der Waals surface area contributed by atoms with Gasteiger partial charge in [-0.3, -0.25) is 24.1 Å². The lowest BCUT2D eigenvalue weighted by molar-refractivity contribution is -0.146. The molecule has 0 aromatic heterocycles. The van der Waals surface area contributed by atoms with Crippen LogP contribution in [-0.4, -0.2) is 70.5 Å². The topological polar surface area (TPSA) is 78.0 Å². The number of hydrogen-bond acceptors (Lipinski definition) is 4. The highest BCUT2D eigenvalue weighted by atomic mass is 16.2. The number of fused-ring (bicyclic) bond motifs is 2. The molecule has 2 unspecified atom stereocenters. The number of rotatable bonds is 2. The number of nitrogens with zero attached hydrogens (tertiary/aromatic N) is 3. The molecule has 4 amide bonds. The summed E-state index contributed by atoms with van der Waals surface area (Å²) in [6.45, 7) is 3.25. The van der Waals surface area contributed by atoms with Crippen molar-refractivity contribution in [2.24, 2.45) is 5.92 Å². The summed E-state index contributed by atoms with van der Waals surface area (Å²) in [5.41, 5.74) is 0. The molecular weight excluding hydrogens is 274 g/mol. The zero-order valence-electron chi connectivity index (χ0n) is 12.1. The van der Waals surface area contributed by atoms with Crippen LogP contribution in [0, 0.1) is 5.92 Å². The van der Waals surface area contributed by atoms with Gasteiger partial charge in [0.05, 0.1) is 0 Å². The van der Waals surface area contributed by atoms with Crippen LogP contribution >= 0.6 is 0 Å². The highest BCUT2D eigenvalue weighted by Crippen LogP contribution is 2.30. The predicted octanol–water partition coefficient (Wildman–Crippen LogP) is -0.785. The molecule has 3 saturated heterocycles. The molecule has 21 heavy (non-hydrogen) atoms. The number of hydrogen-bond donors (Lipinski definition) is 0. The molecule has 3 rings (SSSR count). The van der Waals surface area contributed by atoms with Crippen LogP contribution in [-0.2, 0) is 19.2 Å². The fourth-order valence-corrected chi connectivity index (χ4v) is 3.55. The van der Waals surface area contributed by atoms with Crippen LogP contribution < -0.4 is 0 Å². The smallest absolute Gasteiger partial charge is 0.243 e. The van der Waals surface area contributed by atoms with E-state index in [1.54, 1.807) is 16.7 Å². The fraction of sp³-hybridized carbons (Fsp3) is 0.714. The average molecular weight is 293 g/mol. The molecule has 2 bridgehead atoms. The third-order valence-corrected chi connectivity index (χ3v) is 4.62. The van der Waals surface area contributed by atoms with Crippen LogP contribution in [0.1, 0.15) is 26.2 Å². The minimum absolute atomic E-state index is 0.0213. The summed E-state index contributed by atoms with van der Waals surface area (Å²) >= 11 is 0. The Hall–Kier alpha value is -1.92. The third-order valence-electron chi connectivity index (χ3n) is 4.62. The normalized spacial score (nSPS) is 28.5. The Morgan fingerprint density at radius 2 is 1.76 bits per heavy atom. The Labute approximate surface area is 122 Å². The van der Waals surface area contributed by atoms with Crippen molar-refractivity contribution in [3.8, 4) is 0 Å². The van der Waals surface area contributed by atoms with Gasteiger partial charge in [-0.05, 0) is 12.3 Å². The Kier molecular flexibility index (Phi) is 3.43. The van der Waals surface area contributed by atoms with Crippen LogP contribution in [0.5, 0.6) is 0 Å². The number of likely N-dealkylation sites (tertiary alicyclic amines) is 3. The zero-order chi connectivity index (χ0) is 15.1. The van der Waals surface area contributed by atoms with Crippen molar-refractivity contribution in [1.82, 2.24) is 14.7 Å². The van der Waals surface area contributed by atoms with Crippen LogP contribution in [0.3, 0.4) is 0 Å². The summed E-state index contributed by atoms with van der Waals surface area (Å²) in [5.74, 6) is -0.372. The van der Waals surface area contributed by atoms with Crippen molar-refractivity contribution in [1.29, 1.82) is 0 Å². The van der Waals surface area contributed by atoms with Gasteiger partial charge < -0.3 is 9.80 Å².